The van der Waals surface area contributed by atoms with E-state index < -0.39 is 0 Å². The molecule has 0 aliphatic heterocycles. The van der Waals surface area contributed by atoms with Gasteiger partial charge in [0.25, 0.3) is 0 Å². The lowest BCUT2D eigenvalue weighted by Gasteiger charge is -2.32. The highest BCUT2D eigenvalue weighted by Crippen LogP contribution is 2.31. The topological polar surface area (TPSA) is 33.0 Å². The Morgan fingerprint density at radius 3 is 2.53 bits per heavy atom. The van der Waals surface area contributed by atoms with Crippen LogP contribution in [0, 0.1) is 28.6 Å². The average Bonchev–Trinajstić information content (AvgIpc) is 2.29. The van der Waals surface area contributed by atoms with Crippen LogP contribution in [0.3, 0.4) is 0 Å². The molecule has 17 heavy (non-hydrogen) atoms. The van der Waals surface area contributed by atoms with E-state index in [0.29, 0.717) is 6.10 Å². The normalized spacial score (nSPS) is 29.9. The lowest BCUT2D eigenvalue weighted by Crippen LogP contribution is -2.27. The van der Waals surface area contributed by atoms with Crippen LogP contribution in [0.4, 0.5) is 0 Å². The summed E-state index contributed by atoms with van der Waals surface area (Å²) in [5.41, 5.74) is -0.197. The van der Waals surface area contributed by atoms with Gasteiger partial charge in [-0.15, -0.1) is 0 Å². The van der Waals surface area contributed by atoms with E-state index in [1.165, 1.54) is 19.3 Å². The van der Waals surface area contributed by atoms with Crippen molar-refractivity contribution in [2.75, 3.05) is 6.61 Å². The van der Waals surface area contributed by atoms with Gasteiger partial charge in [-0.25, -0.2) is 0 Å². The van der Waals surface area contributed by atoms with Gasteiger partial charge in [-0.1, -0.05) is 13.8 Å². The van der Waals surface area contributed by atoms with E-state index in [4.69, 9.17) is 10.00 Å². The molecule has 0 saturated heterocycles. The maximum absolute atomic E-state index is 8.92. The third-order valence-corrected chi connectivity index (χ3v) is 4.15. The molecule has 1 saturated carbocycles. The smallest absolute Gasteiger partial charge is 0.0683 e. The Hall–Kier alpha value is -0.550. The van der Waals surface area contributed by atoms with Crippen molar-refractivity contribution < 1.29 is 4.74 Å². The zero-order chi connectivity index (χ0) is 12.9. The van der Waals surface area contributed by atoms with Gasteiger partial charge < -0.3 is 4.74 Å². The molecule has 0 amide bonds. The van der Waals surface area contributed by atoms with Crippen molar-refractivity contribution >= 4 is 0 Å². The van der Waals surface area contributed by atoms with Gasteiger partial charge in [0.2, 0.25) is 0 Å². The number of ether oxygens (including phenoxy) is 1. The van der Waals surface area contributed by atoms with Crippen molar-refractivity contribution in [1.29, 1.82) is 5.26 Å². The molecular weight excluding hydrogens is 210 g/mol. The quantitative estimate of drug-likeness (QED) is 0.673. The Bertz CT molecular complexity index is 267. The second-order valence-corrected chi connectivity index (χ2v) is 6.36. The number of nitrogens with zero attached hydrogens (tertiary/aromatic N) is 1. The molecule has 0 spiro atoms. The van der Waals surface area contributed by atoms with E-state index in [1.807, 2.05) is 13.8 Å². The summed E-state index contributed by atoms with van der Waals surface area (Å²) in [6.45, 7) is 9.49. The van der Waals surface area contributed by atoms with E-state index >= 15 is 0 Å². The molecular formula is C15H27NO. The van der Waals surface area contributed by atoms with Gasteiger partial charge in [0.05, 0.1) is 17.6 Å². The zero-order valence-corrected chi connectivity index (χ0v) is 11.8. The third kappa shape index (κ3) is 5.08. The molecule has 0 aromatic heterocycles. The molecule has 2 nitrogen and oxygen atoms in total. The summed E-state index contributed by atoms with van der Waals surface area (Å²) in [6.07, 6.45) is 6.13. The molecule has 98 valence electrons. The first-order chi connectivity index (χ1) is 7.94. The Kier molecular flexibility index (Phi) is 5.46. The molecule has 3 unspecified atom stereocenters. The summed E-state index contributed by atoms with van der Waals surface area (Å²) < 4.78 is 5.93. The molecule has 1 fully saturated rings. The standard InChI is InChI=1S/C15H27NO/c1-12-6-7-14(10-13(12)2)17-9-5-8-15(3,4)11-16/h12-14H,5-10H2,1-4H3. The summed E-state index contributed by atoms with van der Waals surface area (Å²) in [5.74, 6) is 1.65. The fraction of sp³-hybridized carbons (Fsp3) is 0.933. The molecule has 0 heterocycles. The predicted molar refractivity (Wildman–Crippen MR) is 70.5 cm³/mol. The highest BCUT2D eigenvalue weighted by Gasteiger charge is 2.25. The number of nitriles is 1. The summed E-state index contributed by atoms with van der Waals surface area (Å²) in [6, 6.07) is 2.34. The maximum Gasteiger partial charge on any atom is 0.0683 e. The SMILES string of the molecule is CC1CCC(OCCCC(C)(C)C#N)CC1C. The molecule has 1 aliphatic carbocycles. The molecule has 0 radical (unpaired) electrons. The number of hydrogen-bond donors (Lipinski definition) is 0. The van der Waals surface area contributed by atoms with Crippen molar-refractivity contribution in [2.24, 2.45) is 17.3 Å². The number of hydrogen-bond acceptors (Lipinski definition) is 2. The second kappa shape index (κ2) is 6.40. The second-order valence-electron chi connectivity index (χ2n) is 6.36. The molecule has 1 rings (SSSR count). The van der Waals surface area contributed by atoms with Crippen LogP contribution < -0.4 is 0 Å². The van der Waals surface area contributed by atoms with Gasteiger partial charge in [-0.3, -0.25) is 0 Å². The van der Waals surface area contributed by atoms with Gasteiger partial charge in [0.1, 0.15) is 0 Å². The fourth-order valence-electron chi connectivity index (χ4n) is 2.47. The molecule has 0 bridgehead atoms. The highest BCUT2D eigenvalue weighted by atomic mass is 16.5. The highest BCUT2D eigenvalue weighted by molar-refractivity contribution is 4.91. The average molecular weight is 237 g/mol. The van der Waals surface area contributed by atoms with E-state index in [2.05, 4.69) is 19.9 Å². The summed E-state index contributed by atoms with van der Waals surface area (Å²) in [7, 11) is 0. The van der Waals surface area contributed by atoms with Crippen molar-refractivity contribution in [3.63, 3.8) is 0 Å². The summed E-state index contributed by atoms with van der Waals surface area (Å²) >= 11 is 0. The van der Waals surface area contributed by atoms with Crippen molar-refractivity contribution in [2.45, 2.75) is 65.9 Å². The van der Waals surface area contributed by atoms with Crippen LogP contribution in [0.2, 0.25) is 0 Å². The molecule has 0 aromatic rings. The molecule has 0 aromatic carbocycles. The van der Waals surface area contributed by atoms with Crippen LogP contribution in [0.15, 0.2) is 0 Å². The van der Waals surface area contributed by atoms with Crippen LogP contribution in [0.1, 0.15) is 59.8 Å². The molecule has 0 N–H and O–H groups in total. The minimum absolute atomic E-state index is 0.197. The molecule has 3 atom stereocenters. The van der Waals surface area contributed by atoms with Crippen LogP contribution in [-0.4, -0.2) is 12.7 Å². The number of rotatable bonds is 5. The maximum atomic E-state index is 8.92. The lowest BCUT2D eigenvalue weighted by atomic mass is 9.80. The first-order valence-electron chi connectivity index (χ1n) is 6.97. The van der Waals surface area contributed by atoms with Crippen molar-refractivity contribution in [3.05, 3.63) is 0 Å². The Morgan fingerprint density at radius 2 is 1.94 bits per heavy atom. The van der Waals surface area contributed by atoms with Crippen LogP contribution in [0.5, 0.6) is 0 Å². The largest absolute Gasteiger partial charge is 0.378 e. The van der Waals surface area contributed by atoms with E-state index in [9.17, 15) is 0 Å². The van der Waals surface area contributed by atoms with E-state index in [1.54, 1.807) is 0 Å². The third-order valence-electron chi connectivity index (χ3n) is 4.15. The van der Waals surface area contributed by atoms with Gasteiger partial charge in [0.15, 0.2) is 0 Å². The van der Waals surface area contributed by atoms with E-state index in [-0.39, 0.29) is 5.41 Å². The summed E-state index contributed by atoms with van der Waals surface area (Å²) in [5, 5.41) is 8.92. The molecule has 1 aliphatic rings. The van der Waals surface area contributed by atoms with Crippen molar-refractivity contribution in [1.82, 2.24) is 0 Å². The Balaban J connectivity index is 2.14. The van der Waals surface area contributed by atoms with Gasteiger partial charge >= 0.3 is 0 Å². The van der Waals surface area contributed by atoms with Crippen molar-refractivity contribution in [3.8, 4) is 6.07 Å². The Morgan fingerprint density at radius 1 is 1.24 bits per heavy atom. The van der Waals surface area contributed by atoms with E-state index in [0.717, 1.165) is 31.3 Å². The van der Waals surface area contributed by atoms with Gasteiger partial charge in [0, 0.05) is 6.61 Å². The Labute approximate surface area is 106 Å². The van der Waals surface area contributed by atoms with Crippen LogP contribution in [0.25, 0.3) is 0 Å². The minimum atomic E-state index is -0.197. The predicted octanol–water partition coefficient (Wildman–Crippen LogP) is 4.16. The van der Waals surface area contributed by atoms with Gasteiger partial charge in [-0.05, 0) is 57.8 Å². The van der Waals surface area contributed by atoms with Crippen LogP contribution in [-0.2, 0) is 4.74 Å². The van der Waals surface area contributed by atoms with Gasteiger partial charge in [-0.2, -0.15) is 5.26 Å². The first-order valence-corrected chi connectivity index (χ1v) is 6.97. The minimum Gasteiger partial charge on any atom is -0.378 e. The molecule has 2 heteroatoms. The fourth-order valence-corrected chi connectivity index (χ4v) is 2.47. The first kappa shape index (κ1) is 14.5. The summed E-state index contributed by atoms with van der Waals surface area (Å²) in [4.78, 5) is 0. The monoisotopic (exact) mass is 237 g/mol. The van der Waals surface area contributed by atoms with Crippen LogP contribution >= 0.6 is 0 Å². The lowest BCUT2D eigenvalue weighted by molar-refractivity contribution is -0.000509. The zero-order valence-electron chi connectivity index (χ0n) is 11.8.